The van der Waals surface area contributed by atoms with Crippen LogP contribution in [0.15, 0.2) is 97.1 Å². The van der Waals surface area contributed by atoms with Crippen LogP contribution in [0.3, 0.4) is 0 Å². The first-order chi connectivity index (χ1) is 24.2. The van der Waals surface area contributed by atoms with Crippen LogP contribution < -0.4 is 0 Å². The molecule has 9 nitrogen and oxygen atoms in total. The Bertz CT molecular complexity index is 2150. The van der Waals surface area contributed by atoms with Crippen LogP contribution in [0.5, 0.6) is 0 Å². The molecule has 242 valence electrons. The number of unbranched alkanes of at least 4 members (excludes halogenated alkanes) is 2. The topological polar surface area (TPSA) is 118 Å². The number of H-pyrrole nitrogens is 2. The molecule has 0 saturated carbocycles. The van der Waals surface area contributed by atoms with Crippen LogP contribution in [0, 0.1) is 0 Å². The molecule has 2 N–H and O–H groups in total. The quantitative estimate of drug-likeness (QED) is 0.173. The van der Waals surface area contributed by atoms with Crippen LogP contribution >= 0.6 is 0 Å². The maximum Gasteiger partial charge on any atom is 0.164 e. The predicted octanol–water partition coefficient (Wildman–Crippen LogP) is 9.47. The number of aromatic nitrogens is 8. The highest BCUT2D eigenvalue weighted by Crippen LogP contribution is 2.36. The Hall–Kier alpha value is -5.80. The molecule has 5 heterocycles. The van der Waals surface area contributed by atoms with Crippen LogP contribution in [0.2, 0.25) is 0 Å². The average molecular weight is 645 g/mol. The summed E-state index contributed by atoms with van der Waals surface area (Å²) in [5.74, 6) is 2.39. The van der Waals surface area contributed by atoms with Crippen molar-refractivity contribution in [3.8, 4) is 45.6 Å². The normalized spacial score (nSPS) is 11.6. The average Bonchev–Trinajstić information content (AvgIpc) is 3.88. The molecule has 9 heteroatoms. The van der Waals surface area contributed by atoms with Gasteiger partial charge in [0.15, 0.2) is 23.3 Å². The van der Waals surface area contributed by atoms with Crippen molar-refractivity contribution in [1.29, 1.82) is 0 Å². The van der Waals surface area contributed by atoms with Crippen molar-refractivity contribution in [3.63, 3.8) is 0 Å². The Morgan fingerprint density at radius 2 is 0.694 bits per heavy atom. The van der Waals surface area contributed by atoms with Crippen LogP contribution in [0.4, 0.5) is 0 Å². The number of nitrogens with one attached hydrogen (secondary N) is 2. The molecular weight excluding hydrogens is 608 g/mol. The Labute approximate surface area is 283 Å². The fourth-order valence-electron chi connectivity index (χ4n) is 6.19. The van der Waals surface area contributed by atoms with E-state index in [1.807, 2.05) is 97.1 Å². The highest BCUT2D eigenvalue weighted by molar-refractivity contribution is 6.06. The minimum atomic E-state index is 0.597. The van der Waals surface area contributed by atoms with E-state index in [1.165, 1.54) is 25.7 Å². The summed E-state index contributed by atoms with van der Waals surface area (Å²) in [5.41, 5.74) is 6.45. The zero-order valence-electron chi connectivity index (χ0n) is 27.6. The van der Waals surface area contributed by atoms with E-state index < -0.39 is 0 Å². The fourth-order valence-corrected chi connectivity index (χ4v) is 6.19. The van der Waals surface area contributed by atoms with Crippen molar-refractivity contribution in [2.24, 2.45) is 0 Å². The number of nitrogens with zero attached hydrogens (tertiary/aromatic N) is 6. The summed E-state index contributed by atoms with van der Waals surface area (Å²) in [4.78, 5) is 36.8. The van der Waals surface area contributed by atoms with Crippen LogP contribution in [-0.2, 0) is 4.74 Å². The summed E-state index contributed by atoms with van der Waals surface area (Å²) in [6.45, 7) is 6.28. The van der Waals surface area contributed by atoms with Gasteiger partial charge in [0.2, 0.25) is 0 Å². The van der Waals surface area contributed by atoms with E-state index in [9.17, 15) is 0 Å². The summed E-state index contributed by atoms with van der Waals surface area (Å²) in [5, 5.41) is 3.82. The lowest BCUT2D eigenvalue weighted by atomic mass is 10.1. The van der Waals surface area contributed by atoms with Gasteiger partial charge in [0, 0.05) is 57.0 Å². The molecule has 4 aromatic carbocycles. The second-order valence-electron chi connectivity index (χ2n) is 12.1. The van der Waals surface area contributed by atoms with Crippen molar-refractivity contribution >= 4 is 44.1 Å². The number of aromatic amines is 2. The Morgan fingerprint density at radius 3 is 0.980 bits per heavy atom. The molecule has 0 atom stereocenters. The molecule has 2 aliphatic rings. The first-order valence-corrected chi connectivity index (χ1v) is 17.0. The molecule has 2 aliphatic heterocycles. The minimum Gasteiger partial charge on any atom is -0.381 e. The third-order valence-electron chi connectivity index (χ3n) is 8.74. The lowest BCUT2D eigenvalue weighted by Gasteiger charge is -1.99. The van der Waals surface area contributed by atoms with Crippen molar-refractivity contribution in [2.45, 2.75) is 39.5 Å². The Morgan fingerprint density at radius 1 is 0.408 bits per heavy atom. The van der Waals surface area contributed by atoms with E-state index in [0.717, 1.165) is 57.0 Å². The second kappa shape index (κ2) is 13.4. The van der Waals surface area contributed by atoms with Gasteiger partial charge in [-0.3, -0.25) is 0 Å². The molecule has 0 saturated heterocycles. The number of fused-ring (bicyclic) bond motifs is 20. The molecule has 9 rings (SSSR count). The molecule has 49 heavy (non-hydrogen) atoms. The fraction of sp³-hybridized carbons (Fsp3) is 0.200. The Kier molecular flexibility index (Phi) is 8.33. The van der Waals surface area contributed by atoms with Gasteiger partial charge in [-0.15, -0.1) is 0 Å². The van der Waals surface area contributed by atoms with Crippen LogP contribution in [-0.4, -0.2) is 53.1 Å². The van der Waals surface area contributed by atoms with Gasteiger partial charge in [-0.1, -0.05) is 124 Å². The molecule has 8 bridgehead atoms. The number of rotatable bonds is 6. The molecule has 0 fully saturated rings. The van der Waals surface area contributed by atoms with Gasteiger partial charge in [-0.2, -0.15) is 0 Å². The number of ether oxygens (including phenoxy) is 1. The highest BCUT2D eigenvalue weighted by Gasteiger charge is 2.21. The van der Waals surface area contributed by atoms with Crippen molar-refractivity contribution in [2.75, 3.05) is 13.2 Å². The van der Waals surface area contributed by atoms with Crippen LogP contribution in [0.1, 0.15) is 39.5 Å². The van der Waals surface area contributed by atoms with Crippen molar-refractivity contribution < 1.29 is 4.74 Å². The Balaban J connectivity index is 0.000000344. The summed E-state index contributed by atoms with van der Waals surface area (Å²) >= 11 is 0. The van der Waals surface area contributed by atoms with E-state index in [1.54, 1.807) is 0 Å². The van der Waals surface area contributed by atoms with E-state index in [0.29, 0.717) is 45.9 Å². The van der Waals surface area contributed by atoms with Gasteiger partial charge >= 0.3 is 0 Å². The first-order valence-electron chi connectivity index (χ1n) is 17.0. The number of benzene rings is 4. The standard InChI is InChI=1S/C32H18N8.C8H18O/c1-2-10-18-17(9-1)25-33-26(18)38-28-21-13-5-6-14-22(21)30(35-28)40-32-24-16-8-7-15-23(24)31(36-32)39-29-20-12-4-3-11-19(20)27(34-29)37-25;1-3-5-7-9-8-6-4-2/h1-16H,(H2,33,34,35,36,37,38,39,40);3-8H2,1-2H3. The monoisotopic (exact) mass is 644 g/mol. The molecule has 0 spiro atoms. The lowest BCUT2D eigenvalue weighted by Crippen LogP contribution is -1.95. The van der Waals surface area contributed by atoms with E-state index in [2.05, 4.69) is 23.8 Å². The maximum atomic E-state index is 5.31. The van der Waals surface area contributed by atoms with Gasteiger partial charge in [0.25, 0.3) is 0 Å². The van der Waals surface area contributed by atoms with Gasteiger partial charge < -0.3 is 14.7 Å². The first kappa shape index (κ1) is 30.5. The summed E-state index contributed by atoms with van der Waals surface area (Å²) in [6, 6.07) is 32.2. The molecule has 0 radical (unpaired) electrons. The second-order valence-corrected chi connectivity index (χ2v) is 12.1. The molecule has 0 aliphatic carbocycles. The molecule has 0 amide bonds. The minimum absolute atomic E-state index is 0.597. The third-order valence-corrected chi connectivity index (χ3v) is 8.74. The number of hydrogen-bond acceptors (Lipinski definition) is 7. The van der Waals surface area contributed by atoms with Gasteiger partial charge in [-0.25, -0.2) is 29.9 Å². The third kappa shape index (κ3) is 5.83. The smallest absolute Gasteiger partial charge is 0.164 e. The lowest BCUT2D eigenvalue weighted by molar-refractivity contribution is 0.128. The molecule has 0 unspecified atom stereocenters. The van der Waals surface area contributed by atoms with E-state index in [-0.39, 0.29) is 0 Å². The SMILES string of the molecule is CCCCOCCCC.c1ccc2c(c1)-c1nc-2nc2[nH]c(nc3nc(nc4[nH]c(n1)c1ccccc41)-c1ccccc1-3)c1ccccc21. The van der Waals surface area contributed by atoms with Gasteiger partial charge in [0.1, 0.15) is 22.6 Å². The summed E-state index contributed by atoms with van der Waals surface area (Å²) in [6.07, 6.45) is 4.91. The van der Waals surface area contributed by atoms with Gasteiger partial charge in [-0.05, 0) is 12.8 Å². The van der Waals surface area contributed by atoms with Crippen LogP contribution in [0.25, 0.3) is 89.7 Å². The molecule has 7 aromatic rings. The summed E-state index contributed by atoms with van der Waals surface area (Å²) in [7, 11) is 0. The van der Waals surface area contributed by atoms with Crippen molar-refractivity contribution in [1.82, 2.24) is 39.9 Å². The van der Waals surface area contributed by atoms with E-state index in [4.69, 9.17) is 34.6 Å². The zero-order chi connectivity index (χ0) is 33.2. The molecule has 3 aromatic heterocycles. The highest BCUT2D eigenvalue weighted by atomic mass is 16.5. The summed E-state index contributed by atoms with van der Waals surface area (Å²) < 4.78 is 5.31. The predicted molar refractivity (Wildman–Crippen MR) is 197 cm³/mol. The number of hydrogen-bond donors (Lipinski definition) is 2. The molecular formula is C40H36N8O. The maximum absolute atomic E-state index is 5.31. The van der Waals surface area contributed by atoms with Crippen molar-refractivity contribution in [3.05, 3.63) is 97.1 Å². The van der Waals surface area contributed by atoms with Gasteiger partial charge in [0.05, 0.1) is 0 Å². The largest absolute Gasteiger partial charge is 0.381 e. The van der Waals surface area contributed by atoms with E-state index >= 15 is 0 Å². The zero-order valence-corrected chi connectivity index (χ0v) is 27.6.